The van der Waals surface area contributed by atoms with E-state index in [0.29, 0.717) is 28.8 Å². The number of anilines is 2. The number of carboxylic acid groups (broad SMARTS) is 1. The Kier molecular flexibility index (Phi) is 3.84. The van der Waals surface area contributed by atoms with Crippen LogP contribution in [0.15, 0.2) is 34.7 Å². The Hall–Kier alpha value is -2.23. The highest BCUT2D eigenvalue weighted by Crippen LogP contribution is 2.32. The van der Waals surface area contributed by atoms with Gasteiger partial charge in [0.2, 0.25) is 0 Å². The van der Waals surface area contributed by atoms with Gasteiger partial charge in [0.1, 0.15) is 11.5 Å². The summed E-state index contributed by atoms with van der Waals surface area (Å²) in [5.41, 5.74) is 2.30. The summed E-state index contributed by atoms with van der Waals surface area (Å²) in [5.74, 6) is 1.64. The molecular formula is C16H19NO3. The lowest BCUT2D eigenvalue weighted by Crippen LogP contribution is -2.24. The van der Waals surface area contributed by atoms with Crippen molar-refractivity contribution in [1.29, 1.82) is 0 Å². The van der Waals surface area contributed by atoms with Crippen LogP contribution in [0, 0.1) is 13.8 Å². The standard InChI is InChI=1S/C16H19NO3/c1-10(2)13-6-5-7-14(9-13)17(16(18)19)15-8-11(3)20-12(15)4/h5-10H,1-4H3,(H,18,19). The van der Waals surface area contributed by atoms with Gasteiger partial charge in [-0.25, -0.2) is 9.69 Å². The topological polar surface area (TPSA) is 53.7 Å². The molecule has 1 N–H and O–H groups in total. The lowest BCUT2D eigenvalue weighted by atomic mass is 10.0. The van der Waals surface area contributed by atoms with Gasteiger partial charge >= 0.3 is 6.09 Å². The number of furan rings is 1. The number of benzene rings is 1. The van der Waals surface area contributed by atoms with E-state index in [1.807, 2.05) is 18.2 Å². The third-order valence-corrected chi connectivity index (χ3v) is 3.24. The van der Waals surface area contributed by atoms with Crippen molar-refractivity contribution in [3.63, 3.8) is 0 Å². The number of aryl methyl sites for hydroxylation is 2. The molecule has 106 valence electrons. The van der Waals surface area contributed by atoms with E-state index in [2.05, 4.69) is 13.8 Å². The minimum atomic E-state index is -1.02. The van der Waals surface area contributed by atoms with Crippen LogP contribution >= 0.6 is 0 Å². The molecule has 0 aliphatic heterocycles. The van der Waals surface area contributed by atoms with Gasteiger partial charge < -0.3 is 9.52 Å². The van der Waals surface area contributed by atoms with Crippen LogP contribution in [-0.2, 0) is 0 Å². The van der Waals surface area contributed by atoms with Crippen LogP contribution in [-0.4, -0.2) is 11.2 Å². The molecule has 0 bridgehead atoms. The van der Waals surface area contributed by atoms with Crippen molar-refractivity contribution in [2.75, 3.05) is 4.90 Å². The molecule has 2 aromatic rings. The number of nitrogens with zero attached hydrogens (tertiary/aromatic N) is 1. The Morgan fingerprint density at radius 1 is 1.25 bits per heavy atom. The Balaban J connectivity index is 2.52. The van der Waals surface area contributed by atoms with Crippen molar-refractivity contribution in [3.05, 3.63) is 47.4 Å². The number of rotatable bonds is 3. The summed E-state index contributed by atoms with van der Waals surface area (Å²) in [5, 5.41) is 9.53. The third kappa shape index (κ3) is 2.69. The smallest absolute Gasteiger partial charge is 0.416 e. The molecule has 0 unspecified atom stereocenters. The first-order valence-corrected chi connectivity index (χ1v) is 6.60. The summed E-state index contributed by atoms with van der Waals surface area (Å²) in [6, 6.07) is 9.32. The van der Waals surface area contributed by atoms with Crippen LogP contribution in [0.3, 0.4) is 0 Å². The van der Waals surface area contributed by atoms with Gasteiger partial charge in [-0.2, -0.15) is 0 Å². The molecule has 4 nitrogen and oxygen atoms in total. The molecule has 0 spiro atoms. The van der Waals surface area contributed by atoms with Crippen LogP contribution in [0.5, 0.6) is 0 Å². The molecule has 0 aliphatic carbocycles. The first kappa shape index (κ1) is 14.2. The Morgan fingerprint density at radius 2 is 1.95 bits per heavy atom. The second-order valence-electron chi connectivity index (χ2n) is 5.17. The van der Waals surface area contributed by atoms with Gasteiger partial charge in [-0.15, -0.1) is 0 Å². The normalized spacial score (nSPS) is 10.8. The van der Waals surface area contributed by atoms with Crippen molar-refractivity contribution >= 4 is 17.5 Å². The summed E-state index contributed by atoms with van der Waals surface area (Å²) in [6.07, 6.45) is -1.02. The molecule has 0 aliphatic rings. The fourth-order valence-electron chi connectivity index (χ4n) is 2.21. The van der Waals surface area contributed by atoms with Crippen LogP contribution in [0.1, 0.15) is 36.8 Å². The molecule has 4 heteroatoms. The summed E-state index contributed by atoms with van der Waals surface area (Å²) in [4.78, 5) is 12.9. The molecule has 0 atom stereocenters. The van der Waals surface area contributed by atoms with E-state index in [1.54, 1.807) is 26.0 Å². The molecule has 1 aromatic carbocycles. The van der Waals surface area contributed by atoms with Crippen LogP contribution in [0.4, 0.5) is 16.2 Å². The van der Waals surface area contributed by atoms with Gasteiger partial charge in [0.25, 0.3) is 0 Å². The maximum absolute atomic E-state index is 11.6. The van der Waals surface area contributed by atoms with Crippen molar-refractivity contribution < 1.29 is 14.3 Å². The number of hydrogen-bond donors (Lipinski definition) is 1. The van der Waals surface area contributed by atoms with Crippen LogP contribution < -0.4 is 4.90 Å². The fourth-order valence-corrected chi connectivity index (χ4v) is 2.21. The predicted octanol–water partition coefficient (Wildman–Crippen LogP) is 4.84. The van der Waals surface area contributed by atoms with Gasteiger partial charge in [-0.1, -0.05) is 26.0 Å². The van der Waals surface area contributed by atoms with Gasteiger partial charge in [-0.3, -0.25) is 0 Å². The monoisotopic (exact) mass is 273 g/mol. The van der Waals surface area contributed by atoms with Gasteiger partial charge in [0.15, 0.2) is 0 Å². The predicted molar refractivity (Wildman–Crippen MR) is 78.9 cm³/mol. The Labute approximate surface area is 118 Å². The minimum Gasteiger partial charge on any atom is -0.464 e. The maximum atomic E-state index is 11.6. The lowest BCUT2D eigenvalue weighted by molar-refractivity contribution is 0.204. The van der Waals surface area contributed by atoms with Crippen molar-refractivity contribution in [2.45, 2.75) is 33.6 Å². The summed E-state index contributed by atoms with van der Waals surface area (Å²) < 4.78 is 5.44. The van der Waals surface area contributed by atoms with Crippen molar-refractivity contribution in [3.8, 4) is 0 Å². The maximum Gasteiger partial charge on any atom is 0.416 e. The van der Waals surface area contributed by atoms with E-state index in [4.69, 9.17) is 4.42 Å². The minimum absolute atomic E-state index is 0.345. The zero-order valence-electron chi connectivity index (χ0n) is 12.2. The number of carbonyl (C=O) groups is 1. The highest BCUT2D eigenvalue weighted by atomic mass is 16.4. The Bertz CT molecular complexity index is 628. The van der Waals surface area contributed by atoms with E-state index < -0.39 is 6.09 Å². The highest BCUT2D eigenvalue weighted by Gasteiger charge is 2.22. The van der Waals surface area contributed by atoms with Gasteiger partial charge in [0, 0.05) is 6.07 Å². The largest absolute Gasteiger partial charge is 0.464 e. The molecule has 2 rings (SSSR count). The van der Waals surface area contributed by atoms with Crippen LogP contribution in [0.25, 0.3) is 0 Å². The number of hydrogen-bond acceptors (Lipinski definition) is 2. The average molecular weight is 273 g/mol. The van der Waals surface area contributed by atoms with Gasteiger partial charge in [0.05, 0.1) is 11.4 Å². The fraction of sp³-hybridized carbons (Fsp3) is 0.312. The first-order valence-electron chi connectivity index (χ1n) is 6.60. The molecule has 0 fully saturated rings. The zero-order valence-corrected chi connectivity index (χ0v) is 12.2. The second-order valence-corrected chi connectivity index (χ2v) is 5.17. The SMILES string of the molecule is Cc1cc(N(C(=O)O)c2cccc(C(C)C)c2)c(C)o1. The quantitative estimate of drug-likeness (QED) is 0.870. The van der Waals surface area contributed by atoms with E-state index in [1.165, 1.54) is 4.90 Å². The van der Waals surface area contributed by atoms with Crippen LogP contribution in [0.2, 0.25) is 0 Å². The molecule has 0 saturated heterocycles. The molecular weight excluding hydrogens is 254 g/mol. The highest BCUT2D eigenvalue weighted by molar-refractivity contribution is 5.95. The number of amides is 1. The lowest BCUT2D eigenvalue weighted by Gasteiger charge is -2.19. The molecule has 20 heavy (non-hydrogen) atoms. The molecule has 0 saturated carbocycles. The summed E-state index contributed by atoms with van der Waals surface area (Å²) in [7, 11) is 0. The van der Waals surface area contributed by atoms with E-state index in [9.17, 15) is 9.90 Å². The van der Waals surface area contributed by atoms with E-state index >= 15 is 0 Å². The second kappa shape index (κ2) is 5.41. The summed E-state index contributed by atoms with van der Waals surface area (Å²) >= 11 is 0. The zero-order chi connectivity index (χ0) is 14.9. The average Bonchev–Trinajstić information content (AvgIpc) is 2.68. The van der Waals surface area contributed by atoms with E-state index in [0.717, 1.165) is 5.56 Å². The molecule has 0 radical (unpaired) electrons. The van der Waals surface area contributed by atoms with Crippen molar-refractivity contribution in [2.24, 2.45) is 0 Å². The Morgan fingerprint density at radius 3 is 2.45 bits per heavy atom. The van der Waals surface area contributed by atoms with Crippen molar-refractivity contribution in [1.82, 2.24) is 0 Å². The molecule has 1 amide bonds. The first-order chi connectivity index (χ1) is 9.40. The van der Waals surface area contributed by atoms with Gasteiger partial charge in [-0.05, 0) is 37.5 Å². The van der Waals surface area contributed by atoms with E-state index in [-0.39, 0.29) is 0 Å². The molecule has 1 heterocycles. The molecule has 1 aromatic heterocycles. The third-order valence-electron chi connectivity index (χ3n) is 3.24. The summed E-state index contributed by atoms with van der Waals surface area (Å²) in [6.45, 7) is 7.74.